The summed E-state index contributed by atoms with van der Waals surface area (Å²) in [6, 6.07) is 7.65. The molecule has 0 unspecified atom stereocenters. The van der Waals surface area contributed by atoms with Crippen molar-refractivity contribution in [2.45, 2.75) is 13.1 Å². The van der Waals surface area contributed by atoms with Crippen LogP contribution in [0.2, 0.25) is 0 Å². The molecule has 0 saturated carbocycles. The van der Waals surface area contributed by atoms with E-state index in [4.69, 9.17) is 0 Å². The standard InChI is InChI=1S/C14H13F/c15-11-13-9-5-6-10-14(13)12-7-3-1-2-4-8-12/h1-7,9-10H,8,11H2. The fourth-order valence-corrected chi connectivity index (χ4v) is 1.73. The predicted octanol–water partition coefficient (Wildman–Crippen LogP) is 4.06. The van der Waals surface area contributed by atoms with E-state index in [-0.39, 0.29) is 0 Å². The molecule has 0 radical (unpaired) electrons. The number of rotatable bonds is 2. The minimum atomic E-state index is -0.402. The summed E-state index contributed by atoms with van der Waals surface area (Å²) < 4.78 is 12.8. The molecule has 76 valence electrons. The number of alkyl halides is 1. The van der Waals surface area contributed by atoms with E-state index in [1.54, 1.807) is 0 Å². The molecule has 0 fully saturated rings. The molecule has 1 aromatic carbocycles. The molecule has 0 aliphatic heterocycles. The highest BCUT2D eigenvalue weighted by Gasteiger charge is 2.05. The van der Waals surface area contributed by atoms with Crippen LogP contribution in [0, 0.1) is 0 Å². The highest BCUT2D eigenvalue weighted by Crippen LogP contribution is 2.24. The summed E-state index contributed by atoms with van der Waals surface area (Å²) in [5.41, 5.74) is 2.97. The van der Waals surface area contributed by atoms with Gasteiger partial charge in [-0.3, -0.25) is 0 Å². The lowest BCUT2D eigenvalue weighted by atomic mass is 9.98. The highest BCUT2D eigenvalue weighted by atomic mass is 19.1. The Balaban J connectivity index is 2.40. The first-order chi connectivity index (χ1) is 7.42. The van der Waals surface area contributed by atoms with Gasteiger partial charge in [-0.2, -0.15) is 0 Å². The van der Waals surface area contributed by atoms with Crippen LogP contribution in [0.3, 0.4) is 0 Å². The molecule has 0 N–H and O–H groups in total. The average molecular weight is 200 g/mol. The first kappa shape index (κ1) is 9.91. The zero-order chi connectivity index (χ0) is 10.5. The molecule has 0 saturated heterocycles. The Hall–Kier alpha value is -1.63. The van der Waals surface area contributed by atoms with Gasteiger partial charge in [0.05, 0.1) is 0 Å². The van der Waals surface area contributed by atoms with Gasteiger partial charge in [0.1, 0.15) is 6.67 Å². The molecule has 0 spiro atoms. The van der Waals surface area contributed by atoms with Gasteiger partial charge in [-0.15, -0.1) is 0 Å². The van der Waals surface area contributed by atoms with Crippen LogP contribution in [0.4, 0.5) is 4.39 Å². The third-order valence-electron chi connectivity index (χ3n) is 2.50. The Bertz CT molecular complexity index is 425. The summed E-state index contributed by atoms with van der Waals surface area (Å²) in [6.07, 6.45) is 11.0. The largest absolute Gasteiger partial charge is 0.246 e. The van der Waals surface area contributed by atoms with Gasteiger partial charge in [0.2, 0.25) is 0 Å². The van der Waals surface area contributed by atoms with Crippen LogP contribution in [-0.4, -0.2) is 0 Å². The number of benzene rings is 1. The van der Waals surface area contributed by atoms with Crippen molar-refractivity contribution in [1.82, 2.24) is 0 Å². The maximum Gasteiger partial charge on any atom is 0.115 e. The van der Waals surface area contributed by atoms with E-state index >= 15 is 0 Å². The molecule has 1 heteroatoms. The van der Waals surface area contributed by atoms with E-state index in [1.165, 1.54) is 5.57 Å². The van der Waals surface area contributed by atoms with E-state index in [0.717, 1.165) is 17.5 Å². The van der Waals surface area contributed by atoms with Crippen LogP contribution in [0.1, 0.15) is 17.5 Å². The van der Waals surface area contributed by atoms with Gasteiger partial charge in [0.15, 0.2) is 0 Å². The van der Waals surface area contributed by atoms with Crippen LogP contribution in [0.25, 0.3) is 5.57 Å². The predicted molar refractivity (Wildman–Crippen MR) is 62.1 cm³/mol. The molecule has 0 bridgehead atoms. The summed E-state index contributed by atoms with van der Waals surface area (Å²) in [5, 5.41) is 0. The minimum Gasteiger partial charge on any atom is -0.246 e. The summed E-state index contributed by atoms with van der Waals surface area (Å²) >= 11 is 0. The molecule has 0 heterocycles. The van der Waals surface area contributed by atoms with Crippen LogP contribution >= 0.6 is 0 Å². The van der Waals surface area contributed by atoms with Crippen molar-refractivity contribution in [3.05, 3.63) is 65.8 Å². The quantitative estimate of drug-likeness (QED) is 0.675. The maximum absolute atomic E-state index is 12.8. The average Bonchev–Trinajstić information content (AvgIpc) is 2.57. The second-order valence-electron chi connectivity index (χ2n) is 3.50. The first-order valence-electron chi connectivity index (χ1n) is 5.08. The highest BCUT2D eigenvalue weighted by molar-refractivity contribution is 5.71. The van der Waals surface area contributed by atoms with Gasteiger partial charge >= 0.3 is 0 Å². The maximum atomic E-state index is 12.8. The fraction of sp³-hybridized carbons (Fsp3) is 0.143. The Kier molecular flexibility index (Phi) is 3.13. The van der Waals surface area contributed by atoms with Crippen molar-refractivity contribution >= 4 is 5.57 Å². The molecule has 0 atom stereocenters. The second kappa shape index (κ2) is 4.74. The lowest BCUT2D eigenvalue weighted by molar-refractivity contribution is 0.484. The normalized spacial score (nSPS) is 14.9. The minimum absolute atomic E-state index is 0.402. The van der Waals surface area contributed by atoms with E-state index in [9.17, 15) is 4.39 Å². The van der Waals surface area contributed by atoms with Crippen LogP contribution in [0.15, 0.2) is 54.6 Å². The molecule has 0 amide bonds. The summed E-state index contributed by atoms with van der Waals surface area (Å²) in [6.45, 7) is -0.402. The number of allylic oxidation sites excluding steroid dienone is 6. The number of halogens is 1. The Morgan fingerprint density at radius 2 is 1.93 bits per heavy atom. The topological polar surface area (TPSA) is 0 Å². The fourth-order valence-electron chi connectivity index (χ4n) is 1.73. The molecular formula is C14H13F. The molecule has 15 heavy (non-hydrogen) atoms. The molecule has 0 nitrogen and oxygen atoms in total. The summed E-state index contributed by atoms with van der Waals surface area (Å²) in [7, 11) is 0. The molecular weight excluding hydrogens is 187 g/mol. The van der Waals surface area contributed by atoms with Crippen LogP contribution < -0.4 is 0 Å². The zero-order valence-corrected chi connectivity index (χ0v) is 8.49. The van der Waals surface area contributed by atoms with Crippen molar-refractivity contribution in [1.29, 1.82) is 0 Å². The molecule has 1 aliphatic rings. The Morgan fingerprint density at radius 1 is 1.07 bits per heavy atom. The SMILES string of the molecule is FCc1ccccc1C1=CC=CC=CC1. The monoisotopic (exact) mass is 200 g/mol. The molecule has 0 aromatic heterocycles. The number of hydrogen-bond acceptors (Lipinski definition) is 0. The van der Waals surface area contributed by atoms with Gasteiger partial charge in [-0.25, -0.2) is 4.39 Å². The second-order valence-corrected chi connectivity index (χ2v) is 3.50. The molecule has 1 aliphatic carbocycles. The van der Waals surface area contributed by atoms with Crippen LogP contribution in [0.5, 0.6) is 0 Å². The molecule has 1 aromatic rings. The lowest BCUT2D eigenvalue weighted by Gasteiger charge is -2.08. The van der Waals surface area contributed by atoms with Crippen molar-refractivity contribution in [2.24, 2.45) is 0 Å². The van der Waals surface area contributed by atoms with E-state index in [0.29, 0.717) is 0 Å². The number of hydrogen-bond donors (Lipinski definition) is 0. The smallest absolute Gasteiger partial charge is 0.115 e. The Labute approximate surface area is 89.4 Å². The van der Waals surface area contributed by atoms with Gasteiger partial charge in [0.25, 0.3) is 0 Å². The van der Waals surface area contributed by atoms with E-state index in [2.05, 4.69) is 12.2 Å². The van der Waals surface area contributed by atoms with E-state index in [1.807, 2.05) is 42.5 Å². The van der Waals surface area contributed by atoms with Crippen molar-refractivity contribution in [2.75, 3.05) is 0 Å². The summed E-state index contributed by atoms with van der Waals surface area (Å²) in [5.74, 6) is 0. The van der Waals surface area contributed by atoms with Gasteiger partial charge in [0, 0.05) is 0 Å². The van der Waals surface area contributed by atoms with Gasteiger partial charge in [-0.1, -0.05) is 54.6 Å². The van der Waals surface area contributed by atoms with E-state index < -0.39 is 6.67 Å². The van der Waals surface area contributed by atoms with Crippen molar-refractivity contribution in [3.8, 4) is 0 Å². The van der Waals surface area contributed by atoms with Gasteiger partial charge in [-0.05, 0) is 23.1 Å². The third-order valence-corrected chi connectivity index (χ3v) is 2.50. The first-order valence-corrected chi connectivity index (χ1v) is 5.08. The Morgan fingerprint density at radius 3 is 2.80 bits per heavy atom. The van der Waals surface area contributed by atoms with Crippen molar-refractivity contribution in [3.63, 3.8) is 0 Å². The zero-order valence-electron chi connectivity index (χ0n) is 8.49. The summed E-state index contributed by atoms with van der Waals surface area (Å²) in [4.78, 5) is 0. The lowest BCUT2D eigenvalue weighted by Crippen LogP contribution is -1.90. The third kappa shape index (κ3) is 2.24. The molecule has 2 rings (SSSR count). The van der Waals surface area contributed by atoms with Crippen LogP contribution in [-0.2, 0) is 6.67 Å². The van der Waals surface area contributed by atoms with Gasteiger partial charge < -0.3 is 0 Å². The van der Waals surface area contributed by atoms with Crippen molar-refractivity contribution < 1.29 is 4.39 Å².